The minimum atomic E-state index is -0.225. The number of hydrogen-bond acceptors (Lipinski definition) is 2. The van der Waals surface area contributed by atoms with E-state index in [0.717, 1.165) is 31.4 Å². The topological polar surface area (TPSA) is 41.1 Å². The summed E-state index contributed by atoms with van der Waals surface area (Å²) in [5.74, 6) is 0.0522. The predicted molar refractivity (Wildman–Crippen MR) is 73.3 cm³/mol. The monoisotopic (exact) mass is 264 g/mol. The van der Waals surface area contributed by atoms with Gasteiger partial charge >= 0.3 is 0 Å². The van der Waals surface area contributed by atoms with Gasteiger partial charge in [-0.25, -0.2) is 4.39 Å². The van der Waals surface area contributed by atoms with Crippen molar-refractivity contribution in [3.63, 3.8) is 0 Å². The van der Waals surface area contributed by atoms with Crippen LogP contribution in [0.15, 0.2) is 24.3 Å². The molecule has 1 amide bonds. The molecule has 1 aromatic rings. The minimum absolute atomic E-state index is 0.129. The first kappa shape index (κ1) is 14.0. The number of carbonyl (C=O) groups is 1. The molecular weight excluding hydrogens is 243 g/mol. The molecule has 1 heterocycles. The lowest BCUT2D eigenvalue weighted by Gasteiger charge is -2.27. The average molecular weight is 264 g/mol. The molecule has 0 aromatic heterocycles. The Kier molecular flexibility index (Phi) is 4.91. The summed E-state index contributed by atoms with van der Waals surface area (Å²) in [5.41, 5.74) is 1.04. The zero-order valence-corrected chi connectivity index (χ0v) is 11.3. The Labute approximate surface area is 113 Å². The Morgan fingerprint density at radius 2 is 2.16 bits per heavy atom. The highest BCUT2D eigenvalue weighted by Crippen LogP contribution is 2.15. The molecule has 0 bridgehead atoms. The highest BCUT2D eigenvalue weighted by atomic mass is 19.1. The summed E-state index contributed by atoms with van der Waals surface area (Å²) in [6.07, 6.45) is 2.56. The van der Waals surface area contributed by atoms with E-state index in [-0.39, 0.29) is 17.6 Å². The minimum Gasteiger partial charge on any atom is -0.356 e. The van der Waals surface area contributed by atoms with Crippen LogP contribution >= 0.6 is 0 Å². The van der Waals surface area contributed by atoms with Crippen LogP contribution in [-0.4, -0.2) is 25.0 Å². The maximum Gasteiger partial charge on any atom is 0.223 e. The van der Waals surface area contributed by atoms with E-state index >= 15 is 0 Å². The van der Waals surface area contributed by atoms with Gasteiger partial charge in [0.05, 0.1) is 0 Å². The Balaban J connectivity index is 1.73. The quantitative estimate of drug-likeness (QED) is 0.871. The van der Waals surface area contributed by atoms with Gasteiger partial charge in [-0.2, -0.15) is 0 Å². The number of benzene rings is 1. The largest absolute Gasteiger partial charge is 0.356 e. The Morgan fingerprint density at radius 1 is 1.42 bits per heavy atom. The van der Waals surface area contributed by atoms with Gasteiger partial charge in [0.1, 0.15) is 5.82 Å². The van der Waals surface area contributed by atoms with Crippen molar-refractivity contribution in [2.45, 2.75) is 32.2 Å². The van der Waals surface area contributed by atoms with Crippen LogP contribution in [0.3, 0.4) is 0 Å². The van der Waals surface area contributed by atoms with Crippen molar-refractivity contribution in [2.24, 2.45) is 5.92 Å². The summed E-state index contributed by atoms with van der Waals surface area (Å²) < 4.78 is 12.7. The lowest BCUT2D eigenvalue weighted by atomic mass is 9.92. The zero-order chi connectivity index (χ0) is 13.7. The third-order valence-electron chi connectivity index (χ3n) is 3.62. The standard InChI is InChI=1S/C15H21FN2O/c1-11-10-13(7-9-17-11)15(19)18-8-6-12-2-4-14(16)5-3-12/h2-5,11,13,17H,6-10H2,1H3,(H,18,19). The van der Waals surface area contributed by atoms with E-state index in [4.69, 9.17) is 0 Å². The molecule has 19 heavy (non-hydrogen) atoms. The molecule has 0 aliphatic carbocycles. The number of halogens is 1. The number of hydrogen-bond donors (Lipinski definition) is 2. The first-order valence-electron chi connectivity index (χ1n) is 6.90. The maximum absolute atomic E-state index is 12.7. The Bertz CT molecular complexity index is 419. The van der Waals surface area contributed by atoms with Gasteiger partial charge in [-0.3, -0.25) is 4.79 Å². The summed E-state index contributed by atoms with van der Waals surface area (Å²) >= 11 is 0. The molecule has 0 saturated carbocycles. The number of nitrogens with one attached hydrogen (secondary N) is 2. The molecule has 2 unspecified atom stereocenters. The van der Waals surface area contributed by atoms with Crippen LogP contribution < -0.4 is 10.6 Å². The van der Waals surface area contributed by atoms with Crippen LogP contribution in [0.5, 0.6) is 0 Å². The highest BCUT2D eigenvalue weighted by Gasteiger charge is 2.24. The molecule has 104 valence electrons. The smallest absolute Gasteiger partial charge is 0.223 e. The van der Waals surface area contributed by atoms with Crippen molar-refractivity contribution in [3.8, 4) is 0 Å². The third-order valence-corrected chi connectivity index (χ3v) is 3.62. The fraction of sp³-hybridized carbons (Fsp3) is 0.533. The first-order valence-corrected chi connectivity index (χ1v) is 6.90. The normalized spacial score (nSPS) is 23.1. The van der Waals surface area contributed by atoms with Crippen molar-refractivity contribution < 1.29 is 9.18 Å². The molecule has 1 aromatic carbocycles. The third kappa shape index (κ3) is 4.31. The fourth-order valence-electron chi connectivity index (χ4n) is 2.50. The van der Waals surface area contributed by atoms with E-state index in [9.17, 15) is 9.18 Å². The van der Waals surface area contributed by atoms with E-state index in [2.05, 4.69) is 17.6 Å². The van der Waals surface area contributed by atoms with Crippen LogP contribution in [0.1, 0.15) is 25.3 Å². The molecule has 1 fully saturated rings. The summed E-state index contributed by atoms with van der Waals surface area (Å²) in [5, 5.41) is 6.31. The van der Waals surface area contributed by atoms with Gasteiger partial charge < -0.3 is 10.6 Å². The van der Waals surface area contributed by atoms with Gasteiger partial charge in [-0.05, 0) is 50.4 Å². The molecular formula is C15H21FN2O. The molecule has 4 heteroatoms. The molecule has 2 rings (SSSR count). The van der Waals surface area contributed by atoms with E-state index in [0.29, 0.717) is 12.6 Å². The van der Waals surface area contributed by atoms with Crippen LogP contribution in [0, 0.1) is 11.7 Å². The number of amides is 1. The van der Waals surface area contributed by atoms with Crippen molar-refractivity contribution in [1.29, 1.82) is 0 Å². The molecule has 1 saturated heterocycles. The average Bonchev–Trinajstić information content (AvgIpc) is 2.41. The molecule has 1 aliphatic rings. The van der Waals surface area contributed by atoms with Crippen molar-refractivity contribution in [3.05, 3.63) is 35.6 Å². The summed E-state index contributed by atoms with van der Waals surface area (Å²) in [6.45, 7) is 3.64. The van der Waals surface area contributed by atoms with E-state index in [1.54, 1.807) is 12.1 Å². The molecule has 3 nitrogen and oxygen atoms in total. The summed E-state index contributed by atoms with van der Waals surface area (Å²) in [4.78, 5) is 12.0. The van der Waals surface area contributed by atoms with Crippen molar-refractivity contribution in [2.75, 3.05) is 13.1 Å². The Morgan fingerprint density at radius 3 is 2.84 bits per heavy atom. The zero-order valence-electron chi connectivity index (χ0n) is 11.3. The number of piperidine rings is 1. The summed E-state index contributed by atoms with van der Waals surface area (Å²) in [6, 6.07) is 6.83. The van der Waals surface area contributed by atoms with Crippen molar-refractivity contribution >= 4 is 5.91 Å². The number of carbonyl (C=O) groups excluding carboxylic acids is 1. The second kappa shape index (κ2) is 6.66. The van der Waals surface area contributed by atoms with Crippen LogP contribution in [0.25, 0.3) is 0 Å². The second-order valence-corrected chi connectivity index (χ2v) is 5.24. The Hall–Kier alpha value is -1.42. The molecule has 2 atom stereocenters. The van der Waals surface area contributed by atoms with Crippen LogP contribution in [0.2, 0.25) is 0 Å². The molecule has 0 spiro atoms. The molecule has 0 radical (unpaired) electrons. The number of rotatable bonds is 4. The molecule has 2 N–H and O–H groups in total. The van der Waals surface area contributed by atoms with Gasteiger partial charge in [0, 0.05) is 18.5 Å². The van der Waals surface area contributed by atoms with Gasteiger partial charge in [0.15, 0.2) is 0 Å². The first-order chi connectivity index (χ1) is 9.15. The predicted octanol–water partition coefficient (Wildman–Crippen LogP) is 1.87. The SMILES string of the molecule is CC1CC(C(=O)NCCc2ccc(F)cc2)CCN1. The lowest BCUT2D eigenvalue weighted by molar-refractivity contribution is -0.126. The van der Waals surface area contributed by atoms with Gasteiger partial charge in [-0.15, -0.1) is 0 Å². The van der Waals surface area contributed by atoms with Gasteiger partial charge in [0.2, 0.25) is 5.91 Å². The van der Waals surface area contributed by atoms with Crippen LogP contribution in [-0.2, 0) is 11.2 Å². The summed E-state index contributed by atoms with van der Waals surface area (Å²) in [7, 11) is 0. The highest BCUT2D eigenvalue weighted by molar-refractivity contribution is 5.78. The maximum atomic E-state index is 12.7. The lowest BCUT2D eigenvalue weighted by Crippen LogP contribution is -2.42. The van der Waals surface area contributed by atoms with Crippen molar-refractivity contribution in [1.82, 2.24) is 10.6 Å². The van der Waals surface area contributed by atoms with Gasteiger partial charge in [-0.1, -0.05) is 12.1 Å². The second-order valence-electron chi connectivity index (χ2n) is 5.24. The van der Waals surface area contributed by atoms with E-state index < -0.39 is 0 Å². The van der Waals surface area contributed by atoms with E-state index in [1.165, 1.54) is 12.1 Å². The van der Waals surface area contributed by atoms with Gasteiger partial charge in [0.25, 0.3) is 0 Å². The molecule has 1 aliphatic heterocycles. The fourth-order valence-corrected chi connectivity index (χ4v) is 2.50. The van der Waals surface area contributed by atoms with Crippen LogP contribution in [0.4, 0.5) is 4.39 Å². The van der Waals surface area contributed by atoms with E-state index in [1.807, 2.05) is 0 Å².